The third-order valence-electron chi connectivity index (χ3n) is 3.22. The van der Waals surface area contributed by atoms with Crippen molar-refractivity contribution in [2.24, 2.45) is 0 Å². The molecule has 18 heavy (non-hydrogen) atoms. The second-order valence-electron chi connectivity index (χ2n) is 4.55. The predicted molar refractivity (Wildman–Crippen MR) is 78.7 cm³/mol. The van der Waals surface area contributed by atoms with E-state index < -0.39 is 0 Å². The Morgan fingerprint density at radius 3 is 2.39 bits per heavy atom. The Kier molecular flexibility index (Phi) is 2.71. The maximum absolute atomic E-state index is 4.64. The molecule has 0 aliphatic heterocycles. The smallest absolute Gasteiger partial charge is 0.138 e. The van der Waals surface area contributed by atoms with Crippen LogP contribution in [0, 0.1) is 13.8 Å². The first-order valence-electron chi connectivity index (χ1n) is 5.86. The van der Waals surface area contributed by atoms with Gasteiger partial charge in [0.2, 0.25) is 0 Å². The van der Waals surface area contributed by atoms with Gasteiger partial charge in [0.05, 0.1) is 11.0 Å². The fourth-order valence-electron chi connectivity index (χ4n) is 2.01. The first kappa shape index (κ1) is 11.5. The van der Waals surface area contributed by atoms with E-state index in [1.54, 1.807) is 0 Å². The number of aromatic amines is 1. The fraction of sp³-hybridized carbons (Fsp3) is 0.133. The van der Waals surface area contributed by atoms with E-state index >= 15 is 0 Å². The molecule has 0 unspecified atom stereocenters. The maximum Gasteiger partial charge on any atom is 0.138 e. The molecule has 3 rings (SSSR count). The molecule has 0 spiro atoms. The third-order valence-corrected chi connectivity index (χ3v) is 3.74. The van der Waals surface area contributed by atoms with Crippen molar-refractivity contribution in [2.45, 2.75) is 13.8 Å². The average Bonchev–Trinajstić information content (AvgIpc) is 2.73. The molecule has 0 amide bonds. The van der Waals surface area contributed by atoms with Gasteiger partial charge in [0.25, 0.3) is 0 Å². The SMILES string of the molecule is Cc1cc2nc(-c3ccc(Br)cc3)[nH]c2cc1C. The summed E-state index contributed by atoms with van der Waals surface area (Å²) in [5.74, 6) is 0.919. The van der Waals surface area contributed by atoms with Crippen molar-refractivity contribution in [3.8, 4) is 11.4 Å². The molecule has 1 N–H and O–H groups in total. The maximum atomic E-state index is 4.64. The lowest BCUT2D eigenvalue weighted by molar-refractivity contribution is 1.33. The van der Waals surface area contributed by atoms with E-state index in [9.17, 15) is 0 Å². The Morgan fingerprint density at radius 2 is 1.67 bits per heavy atom. The highest BCUT2D eigenvalue weighted by Crippen LogP contribution is 2.24. The Bertz CT molecular complexity index is 672. The summed E-state index contributed by atoms with van der Waals surface area (Å²) < 4.78 is 1.08. The number of imidazole rings is 1. The van der Waals surface area contributed by atoms with E-state index in [1.165, 1.54) is 11.1 Å². The Hall–Kier alpha value is -1.61. The van der Waals surface area contributed by atoms with Crippen LogP contribution in [0.1, 0.15) is 11.1 Å². The highest BCUT2D eigenvalue weighted by molar-refractivity contribution is 9.10. The van der Waals surface area contributed by atoms with Crippen LogP contribution in [0.2, 0.25) is 0 Å². The van der Waals surface area contributed by atoms with Crippen LogP contribution in [0.5, 0.6) is 0 Å². The molecule has 0 saturated heterocycles. The first-order valence-corrected chi connectivity index (χ1v) is 6.66. The van der Waals surface area contributed by atoms with Gasteiger partial charge in [0.1, 0.15) is 5.82 Å². The Balaban J connectivity index is 2.16. The van der Waals surface area contributed by atoms with Gasteiger partial charge in [0.15, 0.2) is 0 Å². The number of fused-ring (bicyclic) bond motifs is 1. The lowest BCUT2D eigenvalue weighted by Gasteiger charge is -1.97. The quantitative estimate of drug-likeness (QED) is 0.698. The normalized spacial score (nSPS) is 11.1. The molecule has 0 saturated carbocycles. The minimum atomic E-state index is 0.919. The third kappa shape index (κ3) is 1.95. The monoisotopic (exact) mass is 300 g/mol. The number of benzene rings is 2. The average molecular weight is 301 g/mol. The van der Waals surface area contributed by atoms with Gasteiger partial charge in [0, 0.05) is 10.0 Å². The van der Waals surface area contributed by atoms with Crippen molar-refractivity contribution < 1.29 is 0 Å². The van der Waals surface area contributed by atoms with Crippen LogP contribution in [0.4, 0.5) is 0 Å². The van der Waals surface area contributed by atoms with Crippen LogP contribution in [-0.4, -0.2) is 9.97 Å². The summed E-state index contributed by atoms with van der Waals surface area (Å²) in [6.45, 7) is 4.23. The molecule has 0 aliphatic carbocycles. The zero-order valence-corrected chi connectivity index (χ0v) is 11.9. The summed E-state index contributed by atoms with van der Waals surface area (Å²) in [6.07, 6.45) is 0. The summed E-state index contributed by atoms with van der Waals surface area (Å²) in [7, 11) is 0. The molecule has 2 nitrogen and oxygen atoms in total. The number of halogens is 1. The molecule has 1 heterocycles. The van der Waals surface area contributed by atoms with Crippen LogP contribution in [0.3, 0.4) is 0 Å². The van der Waals surface area contributed by atoms with Crippen LogP contribution < -0.4 is 0 Å². The number of rotatable bonds is 1. The zero-order chi connectivity index (χ0) is 12.7. The van der Waals surface area contributed by atoms with Crippen LogP contribution >= 0.6 is 15.9 Å². The number of aromatic nitrogens is 2. The molecule has 0 fully saturated rings. The van der Waals surface area contributed by atoms with Crippen molar-refractivity contribution in [3.63, 3.8) is 0 Å². The standard InChI is InChI=1S/C15H13BrN2/c1-9-7-13-14(8-10(9)2)18-15(17-13)11-3-5-12(16)6-4-11/h3-8H,1-2H3,(H,17,18). The van der Waals surface area contributed by atoms with Crippen molar-refractivity contribution >= 4 is 27.0 Å². The van der Waals surface area contributed by atoms with Crippen molar-refractivity contribution in [2.75, 3.05) is 0 Å². The lowest BCUT2D eigenvalue weighted by Crippen LogP contribution is -1.79. The topological polar surface area (TPSA) is 28.7 Å². The molecule has 3 aromatic rings. The van der Waals surface area contributed by atoms with E-state index in [1.807, 2.05) is 12.1 Å². The second kappa shape index (κ2) is 4.25. The van der Waals surface area contributed by atoms with Gasteiger partial charge in [-0.15, -0.1) is 0 Å². The van der Waals surface area contributed by atoms with Crippen LogP contribution in [-0.2, 0) is 0 Å². The first-order chi connectivity index (χ1) is 8.63. The van der Waals surface area contributed by atoms with Gasteiger partial charge in [-0.3, -0.25) is 0 Å². The fourth-order valence-corrected chi connectivity index (χ4v) is 2.28. The van der Waals surface area contributed by atoms with Crippen LogP contribution in [0.15, 0.2) is 40.9 Å². The van der Waals surface area contributed by atoms with E-state index in [4.69, 9.17) is 0 Å². The predicted octanol–water partition coefficient (Wildman–Crippen LogP) is 4.61. The number of aryl methyl sites for hydroxylation is 2. The molecular weight excluding hydrogens is 288 g/mol. The molecule has 0 radical (unpaired) electrons. The van der Waals surface area contributed by atoms with Gasteiger partial charge < -0.3 is 4.98 Å². The molecule has 1 aromatic heterocycles. The number of H-pyrrole nitrogens is 1. The largest absolute Gasteiger partial charge is 0.338 e. The number of nitrogens with zero attached hydrogens (tertiary/aromatic N) is 1. The highest BCUT2D eigenvalue weighted by Gasteiger charge is 2.06. The number of hydrogen-bond donors (Lipinski definition) is 1. The zero-order valence-electron chi connectivity index (χ0n) is 10.3. The van der Waals surface area contributed by atoms with Gasteiger partial charge >= 0.3 is 0 Å². The molecule has 0 bridgehead atoms. The molecule has 0 atom stereocenters. The lowest BCUT2D eigenvalue weighted by atomic mass is 10.1. The van der Waals surface area contributed by atoms with E-state index in [2.05, 4.69) is 64.0 Å². The Labute approximate surface area is 114 Å². The van der Waals surface area contributed by atoms with Gasteiger partial charge in [-0.25, -0.2) is 4.98 Å². The summed E-state index contributed by atoms with van der Waals surface area (Å²) in [5, 5.41) is 0. The molecule has 3 heteroatoms. The van der Waals surface area contributed by atoms with Gasteiger partial charge in [-0.2, -0.15) is 0 Å². The van der Waals surface area contributed by atoms with Crippen molar-refractivity contribution in [1.29, 1.82) is 0 Å². The number of nitrogens with one attached hydrogen (secondary N) is 1. The van der Waals surface area contributed by atoms with Gasteiger partial charge in [-0.1, -0.05) is 28.1 Å². The van der Waals surface area contributed by atoms with Gasteiger partial charge in [-0.05, 0) is 49.2 Å². The second-order valence-corrected chi connectivity index (χ2v) is 5.46. The highest BCUT2D eigenvalue weighted by atomic mass is 79.9. The molecule has 90 valence electrons. The molecular formula is C15H13BrN2. The Morgan fingerprint density at radius 1 is 1.00 bits per heavy atom. The van der Waals surface area contributed by atoms with Crippen molar-refractivity contribution in [1.82, 2.24) is 9.97 Å². The van der Waals surface area contributed by atoms with E-state index in [0.29, 0.717) is 0 Å². The minimum Gasteiger partial charge on any atom is -0.338 e. The summed E-state index contributed by atoms with van der Waals surface area (Å²) in [5.41, 5.74) is 5.78. The minimum absolute atomic E-state index is 0.919. The molecule has 0 aliphatic rings. The summed E-state index contributed by atoms with van der Waals surface area (Å²) in [6, 6.07) is 12.4. The van der Waals surface area contributed by atoms with Crippen molar-refractivity contribution in [3.05, 3.63) is 52.0 Å². The number of hydrogen-bond acceptors (Lipinski definition) is 1. The van der Waals surface area contributed by atoms with E-state index in [-0.39, 0.29) is 0 Å². The molecule has 2 aromatic carbocycles. The van der Waals surface area contributed by atoms with Crippen LogP contribution in [0.25, 0.3) is 22.4 Å². The van der Waals surface area contributed by atoms with E-state index in [0.717, 1.165) is 26.9 Å². The summed E-state index contributed by atoms with van der Waals surface area (Å²) in [4.78, 5) is 8.02. The summed E-state index contributed by atoms with van der Waals surface area (Å²) >= 11 is 3.44.